The van der Waals surface area contributed by atoms with E-state index in [1.165, 1.54) is 35.2 Å². The number of aromatic nitrogens is 5. The van der Waals surface area contributed by atoms with E-state index in [0.717, 1.165) is 9.47 Å². The molecule has 3 aliphatic rings. The lowest BCUT2D eigenvalue weighted by atomic mass is 9.64. The van der Waals surface area contributed by atoms with Crippen LogP contribution in [0.5, 0.6) is 17.2 Å². The van der Waals surface area contributed by atoms with Crippen LogP contribution in [0.4, 0.5) is 0 Å². The van der Waals surface area contributed by atoms with Gasteiger partial charge in [0.25, 0.3) is 17.4 Å². The highest BCUT2D eigenvalue weighted by Gasteiger charge is 2.74. The molecule has 16 heteroatoms. The van der Waals surface area contributed by atoms with Gasteiger partial charge in [0, 0.05) is 51.5 Å². The predicted octanol–water partition coefficient (Wildman–Crippen LogP) is 2.26. The summed E-state index contributed by atoms with van der Waals surface area (Å²) >= 11 is 14.4. The molecule has 1 N–H and O–H groups in total. The molecule has 2 aromatic carbocycles. The van der Waals surface area contributed by atoms with Crippen molar-refractivity contribution >= 4 is 46.0 Å². The summed E-state index contributed by atoms with van der Waals surface area (Å²) in [4.78, 5) is 70.3. The van der Waals surface area contributed by atoms with Gasteiger partial charge >= 0.3 is 11.4 Å². The molecule has 2 fully saturated rings. The number of phenolic OH excluding ortho intramolecular Hbond substituents is 1. The van der Waals surface area contributed by atoms with E-state index in [0.29, 0.717) is 44.8 Å². The fraction of sp³-hybridized carbons (Fsp3) is 0.412. The SMILES string of the molecule is COc1cc2nc(CCn3c(=O)n4n(c3=O)C3CC5(Cl)C(=O)N(C)C(=O)C5(Cl)C(c5cc(C)c(O)c(C)c5)C3=CC4)c(=O)n(C)c2cc1OC. The summed E-state index contributed by atoms with van der Waals surface area (Å²) in [5, 5.41) is 10.5. The molecule has 1 saturated heterocycles. The van der Waals surface area contributed by atoms with Crippen LogP contribution < -0.4 is 26.4 Å². The molecule has 4 unspecified atom stereocenters. The molecule has 1 saturated carbocycles. The van der Waals surface area contributed by atoms with Gasteiger partial charge in [-0.3, -0.25) is 19.3 Å². The Morgan fingerprint density at radius 3 is 2.22 bits per heavy atom. The molecule has 4 heterocycles. The van der Waals surface area contributed by atoms with Crippen molar-refractivity contribution in [1.82, 2.24) is 28.4 Å². The van der Waals surface area contributed by atoms with Gasteiger partial charge in [0.05, 0.1) is 37.8 Å². The van der Waals surface area contributed by atoms with Gasteiger partial charge in [-0.1, -0.05) is 18.2 Å². The Kier molecular flexibility index (Phi) is 7.64. The number of imide groups is 1. The number of allylic oxidation sites excluding steroid dienone is 2. The van der Waals surface area contributed by atoms with Crippen LogP contribution in [-0.2, 0) is 36.1 Å². The number of fused-ring (bicyclic) bond motifs is 5. The molecule has 0 radical (unpaired) electrons. The fourth-order valence-electron chi connectivity index (χ4n) is 7.86. The van der Waals surface area contributed by atoms with E-state index < -0.39 is 50.5 Å². The number of hydrogen-bond donors (Lipinski definition) is 1. The molecule has 2 aliphatic heterocycles. The second-order valence-corrected chi connectivity index (χ2v) is 14.3. The number of hydrogen-bond acceptors (Lipinski definition) is 9. The minimum Gasteiger partial charge on any atom is -0.507 e. The lowest BCUT2D eigenvalue weighted by Gasteiger charge is -2.49. The number of alkyl halides is 2. The Labute approximate surface area is 294 Å². The van der Waals surface area contributed by atoms with Gasteiger partial charge in [-0.15, -0.1) is 23.2 Å². The van der Waals surface area contributed by atoms with Gasteiger partial charge in [-0.25, -0.2) is 28.5 Å². The van der Waals surface area contributed by atoms with Crippen molar-refractivity contribution in [3.8, 4) is 17.2 Å². The van der Waals surface area contributed by atoms with Crippen LogP contribution in [0.2, 0.25) is 0 Å². The van der Waals surface area contributed by atoms with E-state index in [1.807, 2.05) is 0 Å². The second-order valence-electron chi connectivity index (χ2n) is 13.1. The zero-order valence-corrected chi connectivity index (χ0v) is 29.6. The molecule has 1 aliphatic carbocycles. The lowest BCUT2D eigenvalue weighted by molar-refractivity contribution is -0.137. The smallest absolute Gasteiger partial charge is 0.347 e. The number of methoxy groups -OCH3 is 2. The first-order valence-electron chi connectivity index (χ1n) is 15.8. The van der Waals surface area contributed by atoms with Crippen molar-refractivity contribution in [2.24, 2.45) is 7.05 Å². The molecule has 4 atom stereocenters. The zero-order valence-electron chi connectivity index (χ0n) is 28.1. The maximum Gasteiger partial charge on any atom is 0.347 e. The minimum absolute atomic E-state index is 0.0305. The van der Waals surface area contributed by atoms with Crippen LogP contribution in [0.25, 0.3) is 11.0 Å². The molecule has 0 bridgehead atoms. The van der Waals surface area contributed by atoms with Gasteiger partial charge in [0.2, 0.25) is 0 Å². The minimum atomic E-state index is -1.97. The van der Waals surface area contributed by atoms with Crippen LogP contribution in [0, 0.1) is 13.8 Å². The molecule has 4 aromatic rings. The molecule has 2 amide bonds. The third-order valence-electron chi connectivity index (χ3n) is 10.4. The molecule has 14 nitrogen and oxygen atoms in total. The van der Waals surface area contributed by atoms with E-state index in [4.69, 9.17) is 32.7 Å². The van der Waals surface area contributed by atoms with Gasteiger partial charge in [-0.2, -0.15) is 0 Å². The number of nitrogens with zero attached hydrogens (tertiary/aromatic N) is 6. The number of likely N-dealkylation sites (tertiary alicyclic amines) is 1. The fourth-order valence-corrected chi connectivity index (χ4v) is 8.86. The number of carbonyl (C=O) groups is 2. The number of amides is 2. The summed E-state index contributed by atoms with van der Waals surface area (Å²) in [6, 6.07) is 5.74. The number of rotatable bonds is 6. The topological polar surface area (TPSA) is 160 Å². The van der Waals surface area contributed by atoms with Crippen molar-refractivity contribution in [1.29, 1.82) is 0 Å². The first kappa shape index (κ1) is 33.7. The molecule has 7 rings (SSSR count). The van der Waals surface area contributed by atoms with E-state index in [1.54, 1.807) is 51.2 Å². The quantitative estimate of drug-likeness (QED) is 0.179. The average Bonchev–Trinajstić information content (AvgIpc) is 3.41. The number of ether oxygens (including phenoxy) is 2. The Balaban J connectivity index is 1.32. The number of phenols is 1. The van der Waals surface area contributed by atoms with E-state index >= 15 is 0 Å². The molecule has 0 spiro atoms. The maximum atomic E-state index is 14.2. The Hall–Kier alpha value is -4.82. The van der Waals surface area contributed by atoms with Crippen LogP contribution >= 0.6 is 23.2 Å². The standard InChI is InChI=1S/C34H34Cl2N6O8/c1-16-11-18(12-17(2)27(16)43)26-19-7-10-41-31(47)40(32(48)42(41)23(19)15-33(35)29(45)39(4)30(46)34(26,33)36)9-8-20-28(44)38(3)22-14-25(50-6)24(49-5)13-21(22)37-20/h7,11-14,23,26,43H,8-10,15H2,1-6H3. The van der Waals surface area contributed by atoms with Crippen molar-refractivity contribution in [2.45, 2.75) is 61.5 Å². The summed E-state index contributed by atoms with van der Waals surface area (Å²) in [6.07, 6.45) is 1.46. The highest BCUT2D eigenvalue weighted by Crippen LogP contribution is 2.63. The highest BCUT2D eigenvalue weighted by molar-refractivity contribution is 6.53. The van der Waals surface area contributed by atoms with Crippen molar-refractivity contribution in [3.05, 3.63) is 89.6 Å². The highest BCUT2D eigenvalue weighted by atomic mass is 35.5. The first-order valence-corrected chi connectivity index (χ1v) is 16.6. The summed E-state index contributed by atoms with van der Waals surface area (Å²) in [6.45, 7) is 3.21. The second kappa shape index (κ2) is 11.4. The number of aromatic hydroxyl groups is 1. The van der Waals surface area contributed by atoms with E-state index in [2.05, 4.69) is 4.98 Å². The van der Waals surface area contributed by atoms with Crippen LogP contribution in [0.15, 0.2) is 50.3 Å². The van der Waals surface area contributed by atoms with Crippen LogP contribution in [0.1, 0.15) is 40.8 Å². The Morgan fingerprint density at radius 2 is 1.58 bits per heavy atom. The summed E-state index contributed by atoms with van der Waals surface area (Å²) in [5.74, 6) is -1.46. The zero-order chi connectivity index (χ0) is 36.2. The van der Waals surface area contributed by atoms with E-state index in [-0.39, 0.29) is 37.4 Å². The molecule has 262 valence electrons. The average molecular weight is 726 g/mol. The molecule has 2 aromatic heterocycles. The van der Waals surface area contributed by atoms with E-state index in [9.17, 15) is 29.1 Å². The number of benzene rings is 2. The summed E-state index contributed by atoms with van der Waals surface area (Å²) in [5.41, 5.74) is 1.51. The normalized spacial score (nSPS) is 24.2. The predicted molar refractivity (Wildman–Crippen MR) is 184 cm³/mol. The number of carbonyl (C=O) groups excluding carboxylic acids is 2. The van der Waals surface area contributed by atoms with Crippen molar-refractivity contribution in [2.75, 3.05) is 21.3 Å². The number of aryl methyl sites for hydroxylation is 4. The third-order valence-corrected chi connectivity index (χ3v) is 11.8. The largest absolute Gasteiger partial charge is 0.507 e. The first-order chi connectivity index (χ1) is 23.6. The molecule has 50 heavy (non-hydrogen) atoms. The monoisotopic (exact) mass is 724 g/mol. The maximum absolute atomic E-state index is 14.2. The Morgan fingerprint density at radius 1 is 0.940 bits per heavy atom. The number of halogens is 2. The molecular formula is C34H34Cl2N6O8. The van der Waals surface area contributed by atoms with Crippen LogP contribution in [0.3, 0.4) is 0 Å². The summed E-state index contributed by atoms with van der Waals surface area (Å²) in [7, 11) is 5.88. The van der Waals surface area contributed by atoms with Crippen molar-refractivity contribution in [3.63, 3.8) is 0 Å². The summed E-state index contributed by atoms with van der Waals surface area (Å²) < 4.78 is 15.7. The third kappa shape index (κ3) is 4.33. The van der Waals surface area contributed by atoms with Crippen LogP contribution in [-0.4, -0.2) is 76.3 Å². The lowest BCUT2D eigenvalue weighted by Crippen LogP contribution is -2.59. The van der Waals surface area contributed by atoms with Gasteiger partial charge in [-0.05, 0) is 36.1 Å². The molecular weight excluding hydrogens is 691 g/mol. The van der Waals surface area contributed by atoms with Gasteiger partial charge < -0.3 is 19.1 Å². The van der Waals surface area contributed by atoms with Gasteiger partial charge in [0.15, 0.2) is 21.2 Å². The van der Waals surface area contributed by atoms with Gasteiger partial charge in [0.1, 0.15) is 11.4 Å². The van der Waals surface area contributed by atoms with Crippen molar-refractivity contribution < 1.29 is 24.2 Å². The Bertz CT molecular complexity index is 2370.